The molecule has 6 nitrogen and oxygen atoms in total. The van der Waals surface area contributed by atoms with Crippen molar-refractivity contribution in [1.82, 2.24) is 14.8 Å². The van der Waals surface area contributed by atoms with Gasteiger partial charge in [-0.15, -0.1) is 0 Å². The zero-order valence-corrected chi connectivity index (χ0v) is 8.27. The summed E-state index contributed by atoms with van der Waals surface area (Å²) in [6, 6.07) is 1.44. The molecule has 0 saturated carbocycles. The highest BCUT2D eigenvalue weighted by Gasteiger charge is 2.06. The van der Waals surface area contributed by atoms with Crippen LogP contribution in [-0.2, 0) is 7.05 Å². The Labute approximate surface area is 84.1 Å². The number of H-pyrrole nitrogens is 1. The van der Waals surface area contributed by atoms with Gasteiger partial charge in [0.15, 0.2) is 0 Å². The maximum absolute atomic E-state index is 11.6. The van der Waals surface area contributed by atoms with Gasteiger partial charge in [-0.05, 0) is 0 Å². The summed E-state index contributed by atoms with van der Waals surface area (Å²) in [6.07, 6.45) is 1.34. The van der Waals surface area contributed by atoms with Crippen LogP contribution in [0.25, 0.3) is 10.8 Å². The Kier molecular flexibility index (Phi) is 2.03. The Balaban J connectivity index is 2.97. The van der Waals surface area contributed by atoms with Crippen LogP contribution >= 0.6 is 0 Å². The number of fused-ring (bicyclic) bond motifs is 1. The number of rotatable bonds is 1. The van der Waals surface area contributed by atoms with E-state index in [1.807, 2.05) is 0 Å². The minimum atomic E-state index is -0.340. The first-order chi connectivity index (χ1) is 7.13. The summed E-state index contributed by atoms with van der Waals surface area (Å²) in [6.45, 7) is 0. The Morgan fingerprint density at radius 1 is 1.40 bits per heavy atom. The molecule has 0 aliphatic heterocycles. The van der Waals surface area contributed by atoms with E-state index in [1.165, 1.54) is 26.4 Å². The van der Waals surface area contributed by atoms with Gasteiger partial charge in [-0.1, -0.05) is 0 Å². The standard InChI is InChI=1S/C9H9N3O3/c1-12-9(14)6-4-10-7(15-2)3-5(6)8(13)11-12/h3-4H,1-2H3,(H,11,13). The minimum Gasteiger partial charge on any atom is -0.481 e. The van der Waals surface area contributed by atoms with E-state index in [0.29, 0.717) is 5.88 Å². The SMILES string of the molecule is COc1cc2c(=O)[nH]n(C)c(=O)c2cn1. The molecule has 0 radical (unpaired) electrons. The van der Waals surface area contributed by atoms with Gasteiger partial charge in [-0.25, -0.2) is 4.98 Å². The number of nitrogens with zero attached hydrogens (tertiary/aromatic N) is 2. The lowest BCUT2D eigenvalue weighted by molar-refractivity contribution is 0.398. The number of aryl methyl sites for hydroxylation is 1. The average molecular weight is 207 g/mol. The van der Waals surface area contributed by atoms with E-state index in [1.54, 1.807) is 0 Å². The van der Waals surface area contributed by atoms with Gasteiger partial charge >= 0.3 is 0 Å². The predicted octanol–water partition coefficient (Wildman–Crippen LogP) is -0.370. The second-order valence-electron chi connectivity index (χ2n) is 3.08. The van der Waals surface area contributed by atoms with Crippen LogP contribution in [0.1, 0.15) is 0 Å². The molecule has 0 fully saturated rings. The first-order valence-corrected chi connectivity index (χ1v) is 4.26. The third kappa shape index (κ3) is 1.39. The number of ether oxygens (including phenoxy) is 1. The number of nitrogens with one attached hydrogen (secondary N) is 1. The van der Waals surface area contributed by atoms with Crippen molar-refractivity contribution in [3.8, 4) is 5.88 Å². The molecule has 0 atom stereocenters. The largest absolute Gasteiger partial charge is 0.481 e. The molecule has 0 aliphatic carbocycles. The third-order valence-electron chi connectivity index (χ3n) is 2.14. The van der Waals surface area contributed by atoms with Crippen molar-refractivity contribution in [2.24, 2.45) is 7.05 Å². The maximum atomic E-state index is 11.6. The molecule has 2 rings (SSSR count). The molecular formula is C9H9N3O3. The van der Waals surface area contributed by atoms with Gasteiger partial charge in [-0.3, -0.25) is 19.4 Å². The average Bonchev–Trinajstić information content (AvgIpc) is 2.25. The molecule has 78 valence electrons. The summed E-state index contributed by atoms with van der Waals surface area (Å²) >= 11 is 0. The molecule has 0 spiro atoms. The Morgan fingerprint density at radius 2 is 2.13 bits per heavy atom. The zero-order chi connectivity index (χ0) is 11.0. The molecule has 0 aromatic carbocycles. The molecule has 0 bridgehead atoms. The van der Waals surface area contributed by atoms with Crippen molar-refractivity contribution < 1.29 is 4.74 Å². The lowest BCUT2D eigenvalue weighted by Crippen LogP contribution is -2.27. The minimum absolute atomic E-state index is 0.280. The van der Waals surface area contributed by atoms with Crippen molar-refractivity contribution in [2.45, 2.75) is 0 Å². The van der Waals surface area contributed by atoms with Gasteiger partial charge in [0.25, 0.3) is 11.1 Å². The first-order valence-electron chi connectivity index (χ1n) is 4.26. The topological polar surface area (TPSA) is 77.0 Å². The van der Waals surface area contributed by atoms with Gasteiger partial charge in [0.05, 0.1) is 17.9 Å². The fraction of sp³-hybridized carbons (Fsp3) is 0.222. The number of aromatic nitrogens is 3. The lowest BCUT2D eigenvalue weighted by Gasteiger charge is -2.02. The number of aromatic amines is 1. The fourth-order valence-electron chi connectivity index (χ4n) is 1.35. The molecule has 0 saturated heterocycles. The van der Waals surface area contributed by atoms with E-state index in [0.717, 1.165) is 4.68 Å². The van der Waals surface area contributed by atoms with Crippen LogP contribution in [0.5, 0.6) is 5.88 Å². The molecule has 2 aromatic heterocycles. The van der Waals surface area contributed by atoms with Crippen LogP contribution in [0.3, 0.4) is 0 Å². The third-order valence-corrected chi connectivity index (χ3v) is 2.14. The van der Waals surface area contributed by atoms with Crippen molar-refractivity contribution in [1.29, 1.82) is 0 Å². The Bertz CT molecular complexity index is 627. The fourth-order valence-corrected chi connectivity index (χ4v) is 1.35. The summed E-state index contributed by atoms with van der Waals surface area (Å²) in [5.41, 5.74) is -0.632. The van der Waals surface area contributed by atoms with Crippen molar-refractivity contribution in [2.75, 3.05) is 7.11 Å². The molecule has 15 heavy (non-hydrogen) atoms. The smallest absolute Gasteiger partial charge is 0.274 e. The summed E-state index contributed by atoms with van der Waals surface area (Å²) in [4.78, 5) is 27.0. The Morgan fingerprint density at radius 3 is 2.80 bits per heavy atom. The molecule has 1 N–H and O–H groups in total. The molecule has 6 heteroatoms. The van der Waals surface area contributed by atoms with Gasteiger partial charge in [0.1, 0.15) is 0 Å². The van der Waals surface area contributed by atoms with Crippen LogP contribution in [0, 0.1) is 0 Å². The second kappa shape index (κ2) is 3.23. The van der Waals surface area contributed by atoms with E-state index in [9.17, 15) is 9.59 Å². The molecular weight excluding hydrogens is 198 g/mol. The normalized spacial score (nSPS) is 10.5. The van der Waals surface area contributed by atoms with Crippen molar-refractivity contribution in [3.63, 3.8) is 0 Å². The van der Waals surface area contributed by atoms with Gasteiger partial charge in [0.2, 0.25) is 5.88 Å². The molecule has 0 aliphatic rings. The number of hydrogen-bond acceptors (Lipinski definition) is 4. The van der Waals surface area contributed by atoms with E-state index < -0.39 is 0 Å². The van der Waals surface area contributed by atoms with Crippen LogP contribution in [0.2, 0.25) is 0 Å². The molecule has 2 aromatic rings. The number of pyridine rings is 1. The summed E-state index contributed by atoms with van der Waals surface area (Å²) in [7, 11) is 2.93. The highest BCUT2D eigenvalue weighted by atomic mass is 16.5. The van der Waals surface area contributed by atoms with Crippen LogP contribution in [0.15, 0.2) is 21.9 Å². The number of hydrogen-bond donors (Lipinski definition) is 1. The van der Waals surface area contributed by atoms with Gasteiger partial charge < -0.3 is 4.74 Å². The summed E-state index contributed by atoms with van der Waals surface area (Å²) in [5, 5.41) is 2.96. The summed E-state index contributed by atoms with van der Waals surface area (Å²) in [5.74, 6) is 0.307. The van der Waals surface area contributed by atoms with Gasteiger partial charge in [-0.2, -0.15) is 0 Å². The summed E-state index contributed by atoms with van der Waals surface area (Å²) < 4.78 is 6.00. The second-order valence-corrected chi connectivity index (χ2v) is 3.08. The quantitative estimate of drug-likeness (QED) is 0.692. The predicted molar refractivity (Wildman–Crippen MR) is 54.2 cm³/mol. The number of methoxy groups -OCH3 is 1. The molecule has 2 heterocycles. The van der Waals surface area contributed by atoms with Gasteiger partial charge in [0, 0.05) is 19.3 Å². The highest BCUT2D eigenvalue weighted by molar-refractivity contribution is 5.80. The van der Waals surface area contributed by atoms with Crippen LogP contribution in [-0.4, -0.2) is 21.9 Å². The molecule has 0 amide bonds. The van der Waals surface area contributed by atoms with Crippen LogP contribution in [0.4, 0.5) is 0 Å². The highest BCUT2D eigenvalue weighted by Crippen LogP contribution is 2.10. The maximum Gasteiger partial charge on any atom is 0.274 e. The van der Waals surface area contributed by atoms with Crippen molar-refractivity contribution >= 4 is 10.8 Å². The van der Waals surface area contributed by atoms with E-state index >= 15 is 0 Å². The monoisotopic (exact) mass is 207 g/mol. The van der Waals surface area contributed by atoms with E-state index in [-0.39, 0.29) is 21.9 Å². The van der Waals surface area contributed by atoms with E-state index in [4.69, 9.17) is 4.74 Å². The zero-order valence-electron chi connectivity index (χ0n) is 8.27. The first kappa shape index (κ1) is 9.45. The van der Waals surface area contributed by atoms with Crippen LogP contribution < -0.4 is 15.9 Å². The molecule has 0 unspecified atom stereocenters. The Hall–Kier alpha value is -2.11. The lowest BCUT2D eigenvalue weighted by atomic mass is 10.2. The van der Waals surface area contributed by atoms with E-state index in [2.05, 4.69) is 10.1 Å². The van der Waals surface area contributed by atoms with Crippen molar-refractivity contribution in [3.05, 3.63) is 33.0 Å².